The molecule has 0 fully saturated rings. The van der Waals surface area contributed by atoms with Crippen LogP contribution in [0, 0.1) is 6.92 Å². The highest BCUT2D eigenvalue weighted by Crippen LogP contribution is 2.43. The summed E-state index contributed by atoms with van der Waals surface area (Å²) in [6.07, 6.45) is 0. The normalized spacial score (nSPS) is 15.6. The zero-order valence-corrected chi connectivity index (χ0v) is 17.0. The van der Waals surface area contributed by atoms with Gasteiger partial charge in [-0.05, 0) is 24.6 Å². The molecule has 1 atom stereocenters. The van der Waals surface area contributed by atoms with Crippen molar-refractivity contribution in [1.29, 1.82) is 0 Å². The Morgan fingerprint density at radius 3 is 2.47 bits per heavy atom. The van der Waals surface area contributed by atoms with E-state index in [0.29, 0.717) is 32.2 Å². The minimum atomic E-state index is -0.681. The molecule has 0 unspecified atom stereocenters. The number of rotatable bonds is 3. The quantitative estimate of drug-likeness (QED) is 0.459. The summed E-state index contributed by atoms with van der Waals surface area (Å²) in [4.78, 5) is 45.2. The van der Waals surface area contributed by atoms with Crippen LogP contribution in [0.1, 0.15) is 50.0 Å². The maximum absolute atomic E-state index is 13.4. The van der Waals surface area contributed by atoms with Gasteiger partial charge >= 0.3 is 0 Å². The van der Waals surface area contributed by atoms with Gasteiger partial charge in [0.25, 0.3) is 5.91 Å². The number of thiazole rings is 1. The summed E-state index contributed by atoms with van der Waals surface area (Å²) >= 11 is 1.15. The van der Waals surface area contributed by atoms with E-state index in [-0.39, 0.29) is 17.0 Å². The zero-order chi connectivity index (χ0) is 21.0. The fraction of sp³-hybridized carbons (Fsp3) is 0.130. The number of hydrogen-bond acceptors (Lipinski definition) is 6. The number of carbonyl (C=O) groups is 2. The van der Waals surface area contributed by atoms with Gasteiger partial charge in [0.05, 0.1) is 27.6 Å². The molecule has 1 aliphatic heterocycles. The Morgan fingerprint density at radius 2 is 1.77 bits per heavy atom. The lowest BCUT2D eigenvalue weighted by Gasteiger charge is -2.22. The van der Waals surface area contributed by atoms with E-state index in [1.54, 1.807) is 31.2 Å². The number of fused-ring (bicyclic) bond motifs is 2. The summed E-state index contributed by atoms with van der Waals surface area (Å²) in [5, 5.41) is 0.790. The van der Waals surface area contributed by atoms with Gasteiger partial charge in [0.2, 0.25) is 5.76 Å². The van der Waals surface area contributed by atoms with Crippen LogP contribution in [0.3, 0.4) is 0 Å². The molecule has 0 saturated carbocycles. The van der Waals surface area contributed by atoms with Gasteiger partial charge in [-0.3, -0.25) is 19.3 Å². The number of nitrogens with zero attached hydrogens (tertiary/aromatic N) is 2. The second-order valence-electron chi connectivity index (χ2n) is 7.13. The first-order valence-electron chi connectivity index (χ1n) is 9.40. The molecule has 0 saturated heterocycles. The van der Waals surface area contributed by atoms with Crippen LogP contribution in [0.2, 0.25) is 0 Å². The fourth-order valence-corrected chi connectivity index (χ4v) is 4.87. The summed E-state index contributed by atoms with van der Waals surface area (Å²) in [6.45, 7) is 3.21. The number of Topliss-reactive ketones (excluding diaryl/α,β-unsaturated/α-hetero) is 1. The molecule has 148 valence electrons. The van der Waals surface area contributed by atoms with Crippen molar-refractivity contribution < 1.29 is 14.0 Å². The number of para-hydroxylation sites is 1. The summed E-state index contributed by atoms with van der Waals surface area (Å²) in [5.41, 5.74) is 1.74. The number of hydrogen-bond donors (Lipinski definition) is 0. The monoisotopic (exact) mass is 416 g/mol. The standard InChI is InChI=1S/C23H16N2O4S/c1-12-21(13(2)26)30-23(24-12)25-18(14-8-4-3-5-9-14)17-19(27)15-10-6-7-11-16(15)29-20(17)22(25)28/h3-11,18H,1-2H3/t18-/m0/s1. The second-order valence-corrected chi connectivity index (χ2v) is 8.10. The first kappa shape index (κ1) is 18.4. The molecule has 1 amide bonds. The SMILES string of the molecule is CC(=O)c1sc(N2C(=O)c3oc4ccccc4c(=O)c3[C@@H]2c2ccccc2)nc1C. The maximum Gasteiger partial charge on any atom is 0.297 e. The molecule has 0 N–H and O–H groups in total. The number of amides is 1. The highest BCUT2D eigenvalue weighted by atomic mass is 32.1. The summed E-state index contributed by atoms with van der Waals surface area (Å²) in [7, 11) is 0. The van der Waals surface area contributed by atoms with E-state index < -0.39 is 11.9 Å². The lowest BCUT2D eigenvalue weighted by Crippen LogP contribution is -2.29. The Morgan fingerprint density at radius 1 is 1.07 bits per heavy atom. The van der Waals surface area contributed by atoms with Crippen molar-refractivity contribution >= 4 is 39.1 Å². The van der Waals surface area contributed by atoms with Gasteiger partial charge in [0, 0.05) is 6.92 Å². The van der Waals surface area contributed by atoms with Crippen molar-refractivity contribution in [3.05, 3.63) is 92.3 Å². The van der Waals surface area contributed by atoms with Gasteiger partial charge in [-0.25, -0.2) is 4.98 Å². The molecule has 6 nitrogen and oxygen atoms in total. The molecular weight excluding hydrogens is 400 g/mol. The third-order valence-corrected chi connectivity index (χ3v) is 6.46. The van der Waals surface area contributed by atoms with E-state index in [1.165, 1.54) is 11.8 Å². The van der Waals surface area contributed by atoms with Crippen molar-refractivity contribution in [2.75, 3.05) is 4.90 Å². The molecule has 5 rings (SSSR count). The number of aromatic nitrogens is 1. The van der Waals surface area contributed by atoms with Crippen LogP contribution in [0.15, 0.2) is 63.8 Å². The summed E-state index contributed by atoms with van der Waals surface area (Å²) in [5.74, 6) is -0.535. The minimum Gasteiger partial charge on any atom is -0.450 e. The van der Waals surface area contributed by atoms with E-state index in [2.05, 4.69) is 4.98 Å². The lowest BCUT2D eigenvalue weighted by atomic mass is 9.99. The van der Waals surface area contributed by atoms with Gasteiger partial charge < -0.3 is 4.42 Å². The minimum absolute atomic E-state index is 0.0183. The van der Waals surface area contributed by atoms with Crippen LogP contribution in [0.25, 0.3) is 11.0 Å². The molecule has 0 spiro atoms. The van der Waals surface area contributed by atoms with Crippen LogP contribution in [0.4, 0.5) is 5.13 Å². The van der Waals surface area contributed by atoms with Gasteiger partial charge in [-0.1, -0.05) is 53.8 Å². The third kappa shape index (κ3) is 2.63. The number of benzene rings is 2. The highest BCUT2D eigenvalue weighted by molar-refractivity contribution is 7.17. The molecule has 2 aromatic heterocycles. The molecule has 0 bridgehead atoms. The molecule has 0 radical (unpaired) electrons. The van der Waals surface area contributed by atoms with Crippen LogP contribution in [-0.4, -0.2) is 16.7 Å². The van der Waals surface area contributed by atoms with Crippen molar-refractivity contribution in [1.82, 2.24) is 4.98 Å². The zero-order valence-electron chi connectivity index (χ0n) is 16.2. The Hall–Kier alpha value is -3.58. The van der Waals surface area contributed by atoms with Gasteiger partial charge in [-0.2, -0.15) is 0 Å². The Balaban J connectivity index is 1.80. The second kappa shape index (κ2) is 6.74. The van der Waals surface area contributed by atoms with Crippen molar-refractivity contribution in [3.63, 3.8) is 0 Å². The van der Waals surface area contributed by atoms with Gasteiger partial charge in [0.15, 0.2) is 16.3 Å². The van der Waals surface area contributed by atoms with E-state index in [9.17, 15) is 14.4 Å². The third-order valence-electron chi connectivity index (χ3n) is 5.20. The molecular formula is C23H16N2O4S. The lowest BCUT2D eigenvalue weighted by molar-refractivity contribution is 0.0969. The molecule has 30 heavy (non-hydrogen) atoms. The Bertz CT molecular complexity index is 1390. The molecule has 2 aromatic carbocycles. The van der Waals surface area contributed by atoms with Crippen molar-refractivity contribution in [2.24, 2.45) is 0 Å². The molecule has 7 heteroatoms. The van der Waals surface area contributed by atoms with Crippen LogP contribution in [-0.2, 0) is 0 Å². The molecule has 1 aliphatic rings. The van der Waals surface area contributed by atoms with Crippen LogP contribution >= 0.6 is 11.3 Å². The molecule has 0 aliphatic carbocycles. The average Bonchev–Trinajstić information content (AvgIpc) is 3.27. The summed E-state index contributed by atoms with van der Waals surface area (Å²) < 4.78 is 5.90. The van der Waals surface area contributed by atoms with Crippen molar-refractivity contribution in [2.45, 2.75) is 19.9 Å². The Labute approximate surface area is 175 Å². The predicted octanol–water partition coefficient (Wildman–Crippen LogP) is 4.51. The largest absolute Gasteiger partial charge is 0.450 e. The van der Waals surface area contributed by atoms with Crippen LogP contribution < -0.4 is 10.3 Å². The smallest absolute Gasteiger partial charge is 0.297 e. The van der Waals surface area contributed by atoms with E-state index in [0.717, 1.165) is 16.9 Å². The van der Waals surface area contributed by atoms with Crippen molar-refractivity contribution in [3.8, 4) is 0 Å². The van der Waals surface area contributed by atoms with Crippen LogP contribution in [0.5, 0.6) is 0 Å². The predicted molar refractivity (Wildman–Crippen MR) is 114 cm³/mol. The maximum atomic E-state index is 13.4. The highest BCUT2D eigenvalue weighted by Gasteiger charge is 2.45. The number of anilines is 1. The fourth-order valence-electron chi connectivity index (χ4n) is 3.88. The molecule has 4 aromatic rings. The Kier molecular flexibility index (Phi) is 4.15. The topological polar surface area (TPSA) is 80.5 Å². The first-order valence-corrected chi connectivity index (χ1v) is 10.2. The number of aryl methyl sites for hydroxylation is 1. The van der Waals surface area contributed by atoms with Gasteiger partial charge in [-0.15, -0.1) is 0 Å². The first-order chi connectivity index (χ1) is 14.5. The number of ketones is 1. The van der Waals surface area contributed by atoms with E-state index in [1.807, 2.05) is 30.3 Å². The van der Waals surface area contributed by atoms with Gasteiger partial charge in [0.1, 0.15) is 5.58 Å². The number of carbonyl (C=O) groups excluding carboxylic acids is 2. The molecule has 3 heterocycles. The summed E-state index contributed by atoms with van der Waals surface area (Å²) in [6, 6.07) is 15.5. The van der Waals surface area contributed by atoms with E-state index >= 15 is 0 Å². The average molecular weight is 416 g/mol. The van der Waals surface area contributed by atoms with E-state index in [4.69, 9.17) is 4.42 Å².